The van der Waals surface area contributed by atoms with Crippen molar-refractivity contribution >= 4 is 23.0 Å². The summed E-state index contributed by atoms with van der Waals surface area (Å²) in [6.45, 7) is 5.56. The molecule has 1 aliphatic rings. The van der Waals surface area contributed by atoms with E-state index in [2.05, 4.69) is 45.7 Å². The fourth-order valence-corrected chi connectivity index (χ4v) is 3.35. The highest BCUT2D eigenvalue weighted by Crippen LogP contribution is 2.37. The van der Waals surface area contributed by atoms with E-state index in [1.807, 2.05) is 26.0 Å². The van der Waals surface area contributed by atoms with Gasteiger partial charge in [-0.3, -0.25) is 0 Å². The van der Waals surface area contributed by atoms with Gasteiger partial charge in [0.25, 0.3) is 0 Å². The molecule has 2 heterocycles. The third kappa shape index (κ3) is 2.63. The van der Waals surface area contributed by atoms with Crippen LogP contribution in [0.5, 0.6) is 0 Å². The van der Waals surface area contributed by atoms with Crippen molar-refractivity contribution in [3.05, 3.63) is 64.5 Å². The maximum atomic E-state index is 5.96. The van der Waals surface area contributed by atoms with E-state index in [0.29, 0.717) is 0 Å². The normalized spacial score (nSPS) is 13.0. The van der Waals surface area contributed by atoms with Gasteiger partial charge in [-0.15, -0.1) is 0 Å². The summed E-state index contributed by atoms with van der Waals surface area (Å²) in [6, 6.07) is 14.5. The SMILES string of the molecule is Cc1noc(C)c1-c1ccc2c(c1)NCN2Cc1ccc(Cl)cc1. The first-order chi connectivity index (χ1) is 11.6. The molecule has 4 rings (SSSR count). The minimum absolute atomic E-state index is 0.766. The van der Waals surface area contributed by atoms with Crippen molar-refractivity contribution in [3.8, 4) is 11.1 Å². The standard InChI is InChI=1S/C19H18ClN3O/c1-12-19(13(2)24-22-12)15-5-8-18-17(9-15)21-11-23(18)10-14-3-6-16(20)7-4-14/h3-9,21H,10-11H2,1-2H3. The number of hydrogen-bond acceptors (Lipinski definition) is 4. The van der Waals surface area contributed by atoms with Crippen molar-refractivity contribution < 1.29 is 4.52 Å². The second-order valence-electron chi connectivity index (χ2n) is 6.09. The Morgan fingerprint density at radius 3 is 2.67 bits per heavy atom. The highest BCUT2D eigenvalue weighted by Gasteiger charge is 2.20. The smallest absolute Gasteiger partial charge is 0.141 e. The zero-order chi connectivity index (χ0) is 16.7. The van der Waals surface area contributed by atoms with E-state index in [-0.39, 0.29) is 0 Å². The second kappa shape index (κ2) is 5.87. The third-order valence-corrected chi connectivity index (χ3v) is 4.66. The van der Waals surface area contributed by atoms with Crippen LogP contribution < -0.4 is 10.2 Å². The summed E-state index contributed by atoms with van der Waals surface area (Å²) >= 11 is 5.96. The number of anilines is 2. The Hall–Kier alpha value is -2.46. The van der Waals surface area contributed by atoms with Gasteiger partial charge < -0.3 is 14.7 Å². The average molecular weight is 340 g/mol. The molecular formula is C19H18ClN3O. The van der Waals surface area contributed by atoms with Crippen molar-refractivity contribution in [1.82, 2.24) is 5.16 Å². The van der Waals surface area contributed by atoms with E-state index in [9.17, 15) is 0 Å². The minimum atomic E-state index is 0.766. The van der Waals surface area contributed by atoms with Crippen LogP contribution in [0, 0.1) is 13.8 Å². The molecule has 5 heteroatoms. The lowest BCUT2D eigenvalue weighted by Crippen LogP contribution is -2.21. The van der Waals surface area contributed by atoms with Crippen LogP contribution in [0.4, 0.5) is 11.4 Å². The van der Waals surface area contributed by atoms with Crippen LogP contribution in [0.25, 0.3) is 11.1 Å². The van der Waals surface area contributed by atoms with Crippen molar-refractivity contribution in [2.24, 2.45) is 0 Å². The lowest BCUT2D eigenvalue weighted by Gasteiger charge is -2.18. The summed E-state index contributed by atoms with van der Waals surface area (Å²) in [5.74, 6) is 0.850. The van der Waals surface area contributed by atoms with Gasteiger partial charge >= 0.3 is 0 Å². The molecule has 0 aliphatic carbocycles. The minimum Gasteiger partial charge on any atom is -0.366 e. The first-order valence-electron chi connectivity index (χ1n) is 7.92. The number of aryl methyl sites for hydroxylation is 2. The van der Waals surface area contributed by atoms with Crippen LogP contribution in [-0.4, -0.2) is 11.8 Å². The number of aromatic nitrogens is 1. The number of hydrogen-bond donors (Lipinski definition) is 1. The molecule has 2 aromatic carbocycles. The summed E-state index contributed by atoms with van der Waals surface area (Å²) in [5, 5.41) is 8.29. The van der Waals surface area contributed by atoms with E-state index in [0.717, 1.165) is 46.5 Å². The van der Waals surface area contributed by atoms with Crippen LogP contribution in [0.1, 0.15) is 17.0 Å². The zero-order valence-corrected chi connectivity index (χ0v) is 14.4. The highest BCUT2D eigenvalue weighted by atomic mass is 35.5. The van der Waals surface area contributed by atoms with Gasteiger partial charge in [-0.25, -0.2) is 0 Å². The van der Waals surface area contributed by atoms with Crippen molar-refractivity contribution in [3.63, 3.8) is 0 Å². The van der Waals surface area contributed by atoms with Crippen LogP contribution in [0.2, 0.25) is 5.02 Å². The topological polar surface area (TPSA) is 41.3 Å². The lowest BCUT2D eigenvalue weighted by atomic mass is 10.0. The fraction of sp³-hybridized carbons (Fsp3) is 0.211. The van der Waals surface area contributed by atoms with E-state index in [4.69, 9.17) is 16.1 Å². The molecule has 0 saturated carbocycles. The monoisotopic (exact) mass is 339 g/mol. The van der Waals surface area contributed by atoms with Crippen LogP contribution >= 0.6 is 11.6 Å². The molecule has 0 spiro atoms. The summed E-state index contributed by atoms with van der Waals surface area (Å²) in [5.41, 5.74) is 6.72. The third-order valence-electron chi connectivity index (χ3n) is 4.41. The van der Waals surface area contributed by atoms with Gasteiger partial charge in [0, 0.05) is 17.1 Å². The molecule has 1 aliphatic heterocycles. The van der Waals surface area contributed by atoms with Crippen LogP contribution in [-0.2, 0) is 6.54 Å². The van der Waals surface area contributed by atoms with Gasteiger partial charge in [-0.2, -0.15) is 0 Å². The molecule has 0 radical (unpaired) electrons. The predicted molar refractivity (Wildman–Crippen MR) is 97.5 cm³/mol. The van der Waals surface area contributed by atoms with Gasteiger partial charge in [-0.1, -0.05) is 35.0 Å². The zero-order valence-electron chi connectivity index (χ0n) is 13.6. The molecule has 0 amide bonds. The maximum Gasteiger partial charge on any atom is 0.141 e. The van der Waals surface area contributed by atoms with Gasteiger partial charge in [-0.05, 0) is 49.2 Å². The number of rotatable bonds is 3. The molecule has 3 aromatic rings. The molecule has 4 nitrogen and oxygen atoms in total. The molecule has 0 bridgehead atoms. The molecule has 0 unspecified atom stereocenters. The van der Waals surface area contributed by atoms with E-state index in [1.165, 1.54) is 11.3 Å². The van der Waals surface area contributed by atoms with Gasteiger partial charge in [0.05, 0.1) is 23.7 Å². The van der Waals surface area contributed by atoms with E-state index >= 15 is 0 Å². The number of halogens is 1. The first-order valence-corrected chi connectivity index (χ1v) is 8.30. The van der Waals surface area contributed by atoms with E-state index < -0.39 is 0 Å². The predicted octanol–water partition coefficient (Wildman–Crippen LogP) is 5.00. The Balaban J connectivity index is 1.62. The van der Waals surface area contributed by atoms with Crippen LogP contribution in [0.3, 0.4) is 0 Å². The van der Waals surface area contributed by atoms with Gasteiger partial charge in [0.15, 0.2) is 0 Å². The maximum absolute atomic E-state index is 5.96. The molecule has 0 fully saturated rings. The number of nitrogens with zero attached hydrogens (tertiary/aromatic N) is 2. The highest BCUT2D eigenvalue weighted by molar-refractivity contribution is 6.30. The Morgan fingerprint density at radius 2 is 1.96 bits per heavy atom. The van der Waals surface area contributed by atoms with Gasteiger partial charge in [0.2, 0.25) is 0 Å². The van der Waals surface area contributed by atoms with Crippen LogP contribution in [0.15, 0.2) is 47.0 Å². The van der Waals surface area contributed by atoms with E-state index in [1.54, 1.807) is 0 Å². The molecule has 0 atom stereocenters. The Kier molecular flexibility index (Phi) is 3.69. The number of benzene rings is 2. The largest absolute Gasteiger partial charge is 0.366 e. The Bertz CT molecular complexity index is 867. The van der Waals surface area contributed by atoms with Gasteiger partial charge in [0.1, 0.15) is 5.76 Å². The Labute approximate surface area is 146 Å². The second-order valence-corrected chi connectivity index (χ2v) is 6.53. The molecule has 122 valence electrons. The fourth-order valence-electron chi connectivity index (χ4n) is 3.22. The molecule has 0 saturated heterocycles. The summed E-state index contributed by atoms with van der Waals surface area (Å²) < 4.78 is 5.29. The summed E-state index contributed by atoms with van der Waals surface area (Å²) in [6.07, 6.45) is 0. The Morgan fingerprint density at radius 1 is 1.17 bits per heavy atom. The average Bonchev–Trinajstić information content (AvgIpc) is 3.12. The lowest BCUT2D eigenvalue weighted by molar-refractivity contribution is 0.393. The molecule has 24 heavy (non-hydrogen) atoms. The molecular weight excluding hydrogens is 322 g/mol. The van der Waals surface area contributed by atoms with Crippen molar-refractivity contribution in [1.29, 1.82) is 0 Å². The molecule has 1 N–H and O–H groups in total. The molecule has 1 aromatic heterocycles. The first kappa shape index (κ1) is 15.1. The summed E-state index contributed by atoms with van der Waals surface area (Å²) in [4.78, 5) is 2.32. The quantitative estimate of drug-likeness (QED) is 0.729. The summed E-state index contributed by atoms with van der Waals surface area (Å²) in [7, 11) is 0. The number of nitrogens with one attached hydrogen (secondary N) is 1. The van der Waals surface area contributed by atoms with Crippen molar-refractivity contribution in [2.45, 2.75) is 20.4 Å². The van der Waals surface area contributed by atoms with Crippen molar-refractivity contribution in [2.75, 3.05) is 16.9 Å². The number of fused-ring (bicyclic) bond motifs is 1.